The molecule has 0 atom stereocenters. The molecule has 0 saturated carbocycles. The van der Waals surface area contributed by atoms with E-state index in [9.17, 15) is 14.4 Å². The number of hydrogen-bond donors (Lipinski definition) is 2. The molecule has 8 heteroatoms. The molecule has 0 unspecified atom stereocenters. The zero-order chi connectivity index (χ0) is 18.8. The summed E-state index contributed by atoms with van der Waals surface area (Å²) < 4.78 is 6.32. The second-order valence-electron chi connectivity index (χ2n) is 6.54. The molecule has 1 aromatic carbocycles. The normalized spacial score (nSPS) is 13.8. The van der Waals surface area contributed by atoms with Crippen LogP contribution in [-0.4, -0.2) is 16.4 Å². The van der Waals surface area contributed by atoms with Gasteiger partial charge in [-0.25, -0.2) is 4.79 Å². The monoisotopic (exact) mass is 385 g/mol. The SMILES string of the molecule is O=C(Cn1c(=O)oc2ccccc21)NNC(=O)c1cc2c(s1)CCCCC2. The van der Waals surface area contributed by atoms with Crippen LogP contribution in [-0.2, 0) is 24.2 Å². The number of carbonyl (C=O) groups excluding carboxylic acids is 2. The molecule has 0 saturated heterocycles. The van der Waals surface area contributed by atoms with Crippen LogP contribution < -0.4 is 16.6 Å². The molecule has 140 valence electrons. The Morgan fingerprint density at radius 1 is 1.11 bits per heavy atom. The maximum Gasteiger partial charge on any atom is 0.420 e. The summed E-state index contributed by atoms with van der Waals surface area (Å²) in [6, 6.07) is 8.78. The molecule has 2 amide bonds. The van der Waals surface area contributed by atoms with Crippen molar-refractivity contribution in [2.45, 2.75) is 38.6 Å². The second-order valence-corrected chi connectivity index (χ2v) is 7.68. The molecule has 0 spiro atoms. The summed E-state index contributed by atoms with van der Waals surface area (Å²) in [6.45, 7) is -0.239. The van der Waals surface area contributed by atoms with E-state index in [4.69, 9.17) is 4.42 Å². The zero-order valence-corrected chi connectivity index (χ0v) is 15.4. The lowest BCUT2D eigenvalue weighted by Crippen LogP contribution is -2.43. The number of thiophene rings is 1. The number of rotatable bonds is 3. The summed E-state index contributed by atoms with van der Waals surface area (Å²) in [6.07, 6.45) is 5.53. The van der Waals surface area contributed by atoms with Crippen LogP contribution in [0.2, 0.25) is 0 Å². The third kappa shape index (κ3) is 3.66. The average molecular weight is 385 g/mol. The van der Waals surface area contributed by atoms with Gasteiger partial charge in [-0.1, -0.05) is 18.6 Å². The Bertz CT molecular complexity index is 1040. The highest BCUT2D eigenvalue weighted by molar-refractivity contribution is 7.14. The van der Waals surface area contributed by atoms with Crippen molar-refractivity contribution in [2.24, 2.45) is 0 Å². The predicted molar refractivity (Wildman–Crippen MR) is 102 cm³/mol. The molecule has 27 heavy (non-hydrogen) atoms. The van der Waals surface area contributed by atoms with E-state index >= 15 is 0 Å². The number of nitrogens with one attached hydrogen (secondary N) is 2. The van der Waals surface area contributed by atoms with Crippen LogP contribution in [0.4, 0.5) is 0 Å². The number of fused-ring (bicyclic) bond motifs is 2. The van der Waals surface area contributed by atoms with Crippen molar-refractivity contribution in [1.82, 2.24) is 15.4 Å². The fourth-order valence-electron chi connectivity index (χ4n) is 3.31. The van der Waals surface area contributed by atoms with E-state index in [2.05, 4.69) is 10.9 Å². The summed E-state index contributed by atoms with van der Waals surface area (Å²) in [5, 5.41) is 0. The molecule has 2 aromatic heterocycles. The number of hydrazine groups is 1. The van der Waals surface area contributed by atoms with Crippen molar-refractivity contribution in [2.75, 3.05) is 0 Å². The molecule has 1 aliphatic rings. The van der Waals surface area contributed by atoms with E-state index < -0.39 is 11.7 Å². The molecule has 0 fully saturated rings. The third-order valence-electron chi connectivity index (χ3n) is 4.66. The van der Waals surface area contributed by atoms with Gasteiger partial charge in [0.25, 0.3) is 11.8 Å². The fraction of sp³-hybridized carbons (Fsp3) is 0.316. The molecule has 3 aromatic rings. The largest absolute Gasteiger partial charge is 0.420 e. The molecule has 1 aliphatic carbocycles. The number of oxazole rings is 1. The Hall–Kier alpha value is -2.87. The van der Waals surface area contributed by atoms with Crippen LogP contribution in [0.25, 0.3) is 11.1 Å². The highest BCUT2D eigenvalue weighted by Gasteiger charge is 2.17. The molecule has 0 radical (unpaired) electrons. The predicted octanol–water partition coefficient (Wildman–Crippen LogP) is 2.39. The van der Waals surface area contributed by atoms with E-state index in [1.807, 2.05) is 6.07 Å². The Kier molecular flexibility index (Phi) is 4.81. The van der Waals surface area contributed by atoms with Crippen LogP contribution in [0.15, 0.2) is 39.5 Å². The highest BCUT2D eigenvalue weighted by Crippen LogP contribution is 2.28. The Morgan fingerprint density at radius 2 is 1.93 bits per heavy atom. The van der Waals surface area contributed by atoms with Crippen LogP contribution in [0.5, 0.6) is 0 Å². The van der Waals surface area contributed by atoms with E-state index in [0.29, 0.717) is 16.0 Å². The number of amides is 2. The fourth-order valence-corrected chi connectivity index (χ4v) is 4.46. The Morgan fingerprint density at radius 3 is 2.81 bits per heavy atom. The number of hydrogen-bond acceptors (Lipinski definition) is 5. The molecule has 0 aliphatic heterocycles. The first-order valence-electron chi connectivity index (χ1n) is 8.91. The van der Waals surface area contributed by atoms with Crippen molar-refractivity contribution in [3.63, 3.8) is 0 Å². The van der Waals surface area contributed by atoms with Gasteiger partial charge < -0.3 is 4.42 Å². The minimum Gasteiger partial charge on any atom is -0.408 e. The molecule has 0 bridgehead atoms. The average Bonchev–Trinajstić information content (AvgIpc) is 3.13. The summed E-state index contributed by atoms with van der Waals surface area (Å²) in [5.74, 6) is -1.46. The summed E-state index contributed by atoms with van der Waals surface area (Å²) in [5.41, 5.74) is 6.99. The van der Waals surface area contributed by atoms with Gasteiger partial charge in [-0.2, -0.15) is 0 Å². The van der Waals surface area contributed by atoms with Gasteiger partial charge in [0.2, 0.25) is 0 Å². The molecule has 4 rings (SSSR count). The molecule has 7 nitrogen and oxygen atoms in total. The van der Waals surface area contributed by atoms with Gasteiger partial charge in [0.15, 0.2) is 5.58 Å². The zero-order valence-electron chi connectivity index (χ0n) is 14.6. The number of aromatic nitrogens is 1. The summed E-state index contributed by atoms with van der Waals surface area (Å²) in [7, 11) is 0. The Balaban J connectivity index is 1.40. The Labute approximate surface area is 159 Å². The lowest BCUT2D eigenvalue weighted by Gasteiger charge is -2.06. The smallest absolute Gasteiger partial charge is 0.408 e. The number of aryl methyl sites for hydroxylation is 2. The first-order chi connectivity index (χ1) is 13.1. The number of carbonyl (C=O) groups is 2. The minimum absolute atomic E-state index is 0.239. The minimum atomic E-state index is -0.611. The lowest BCUT2D eigenvalue weighted by molar-refractivity contribution is -0.122. The standard InChI is InChI=1S/C19H19N3O4S/c23-17(11-22-13-7-4-5-8-14(13)26-19(22)25)20-21-18(24)16-10-12-6-2-1-3-9-15(12)27-16/h4-5,7-8,10H,1-3,6,9,11H2,(H,20,23)(H,21,24). The van der Waals surface area contributed by atoms with Crippen molar-refractivity contribution in [3.8, 4) is 0 Å². The quantitative estimate of drug-likeness (QED) is 0.535. The van der Waals surface area contributed by atoms with Gasteiger partial charge in [-0.3, -0.25) is 25.0 Å². The summed E-state index contributed by atoms with van der Waals surface area (Å²) in [4.78, 5) is 38.3. The van der Waals surface area contributed by atoms with Crippen molar-refractivity contribution in [1.29, 1.82) is 0 Å². The van der Waals surface area contributed by atoms with Gasteiger partial charge in [-0.15, -0.1) is 11.3 Å². The maximum atomic E-state index is 12.3. The number of benzene rings is 1. The van der Waals surface area contributed by atoms with Gasteiger partial charge in [0.1, 0.15) is 6.54 Å². The lowest BCUT2D eigenvalue weighted by atomic mass is 10.1. The van der Waals surface area contributed by atoms with E-state index in [1.165, 1.54) is 32.8 Å². The van der Waals surface area contributed by atoms with Gasteiger partial charge in [0.05, 0.1) is 10.4 Å². The molecule has 2 N–H and O–H groups in total. The highest BCUT2D eigenvalue weighted by atomic mass is 32.1. The van der Waals surface area contributed by atoms with Crippen LogP contribution >= 0.6 is 11.3 Å². The molecular weight excluding hydrogens is 366 g/mol. The van der Waals surface area contributed by atoms with Crippen LogP contribution in [0.3, 0.4) is 0 Å². The topological polar surface area (TPSA) is 93.3 Å². The van der Waals surface area contributed by atoms with Crippen LogP contribution in [0, 0.1) is 0 Å². The number of nitrogens with zero attached hydrogens (tertiary/aromatic N) is 1. The van der Waals surface area contributed by atoms with Crippen LogP contribution in [0.1, 0.15) is 39.4 Å². The van der Waals surface area contributed by atoms with Gasteiger partial charge >= 0.3 is 5.76 Å². The first kappa shape index (κ1) is 17.5. The van der Waals surface area contributed by atoms with Crippen molar-refractivity contribution >= 4 is 34.3 Å². The summed E-state index contributed by atoms with van der Waals surface area (Å²) >= 11 is 1.48. The van der Waals surface area contributed by atoms with Gasteiger partial charge in [0, 0.05) is 4.88 Å². The third-order valence-corrected chi connectivity index (χ3v) is 5.90. The molecular formula is C19H19N3O4S. The van der Waals surface area contributed by atoms with Crippen molar-refractivity contribution in [3.05, 3.63) is 56.2 Å². The van der Waals surface area contributed by atoms with Gasteiger partial charge in [-0.05, 0) is 49.4 Å². The number of para-hydroxylation sites is 2. The van der Waals surface area contributed by atoms with E-state index in [0.717, 1.165) is 25.7 Å². The second kappa shape index (κ2) is 7.40. The van der Waals surface area contributed by atoms with E-state index in [1.54, 1.807) is 24.3 Å². The van der Waals surface area contributed by atoms with E-state index in [-0.39, 0.29) is 12.5 Å². The molecule has 2 heterocycles. The maximum absolute atomic E-state index is 12.3. The first-order valence-corrected chi connectivity index (χ1v) is 9.72. The van der Waals surface area contributed by atoms with Crippen molar-refractivity contribution < 1.29 is 14.0 Å².